The Morgan fingerprint density at radius 1 is 0.607 bits per heavy atom. The molecule has 4 aromatic carbocycles. The zero-order valence-corrected chi connectivity index (χ0v) is 15.1. The van der Waals surface area contributed by atoms with Gasteiger partial charge in [0.1, 0.15) is 0 Å². The number of aromatic amines is 1. The summed E-state index contributed by atoms with van der Waals surface area (Å²) < 4.78 is 0. The van der Waals surface area contributed by atoms with E-state index in [-0.39, 0.29) is 10.6 Å². The van der Waals surface area contributed by atoms with E-state index in [1.165, 1.54) is 17.2 Å². The number of benzene rings is 4. The third-order valence-corrected chi connectivity index (χ3v) is 4.58. The van der Waals surface area contributed by atoms with Crippen molar-refractivity contribution in [3.63, 3.8) is 0 Å². The fraction of sp³-hybridized carbons (Fsp3) is 0. The summed E-state index contributed by atoms with van der Waals surface area (Å²) in [6.45, 7) is 0. The normalized spacial score (nSPS) is 10.4. The van der Waals surface area contributed by atoms with E-state index in [0.29, 0.717) is 0 Å². The Morgan fingerprint density at radius 3 is 1.75 bits per heavy atom. The first-order valence-electron chi connectivity index (χ1n) is 8.98. The molecule has 0 atom stereocenters. The highest BCUT2D eigenvalue weighted by Crippen LogP contribution is 2.28. The van der Waals surface area contributed by atoms with Crippen LogP contribution >= 0.6 is 0 Å². The summed E-state index contributed by atoms with van der Waals surface area (Å²) in [6.07, 6.45) is 0. The van der Waals surface area contributed by atoms with Crippen LogP contribution in [0.3, 0.4) is 0 Å². The summed E-state index contributed by atoms with van der Waals surface area (Å²) in [4.78, 5) is 13.5. The van der Waals surface area contributed by atoms with Crippen LogP contribution in [0.1, 0.15) is 0 Å². The summed E-state index contributed by atoms with van der Waals surface area (Å²) in [7, 11) is 0. The highest BCUT2D eigenvalue weighted by Gasteiger charge is 2.09. The van der Waals surface area contributed by atoms with Crippen molar-refractivity contribution in [1.82, 2.24) is 4.98 Å². The van der Waals surface area contributed by atoms with Gasteiger partial charge in [0.2, 0.25) is 0 Å². The maximum atomic E-state index is 10.7. The van der Waals surface area contributed by atoms with Gasteiger partial charge in [-0.2, -0.15) is 0 Å². The number of nitrogens with zero attached hydrogens (tertiary/aromatic N) is 1. The minimum absolute atomic E-state index is 0.122. The lowest BCUT2D eigenvalue weighted by Gasteiger charge is -1.98. The average Bonchev–Trinajstić information content (AvgIpc) is 3.13. The average molecular weight is 366 g/mol. The fourth-order valence-corrected chi connectivity index (χ4v) is 3.21. The Bertz CT molecular complexity index is 1190. The number of nitrogens with one attached hydrogen (secondary N) is 1. The number of nitro groups is 1. The van der Waals surface area contributed by atoms with E-state index < -0.39 is 0 Å². The van der Waals surface area contributed by atoms with Crippen LogP contribution in [0, 0.1) is 10.1 Å². The molecule has 0 aliphatic heterocycles. The van der Waals surface area contributed by atoms with Crippen LogP contribution in [-0.4, -0.2) is 9.91 Å². The summed E-state index contributed by atoms with van der Waals surface area (Å²) in [5, 5.41) is 12.6. The second-order valence-electron chi connectivity index (χ2n) is 6.39. The van der Waals surface area contributed by atoms with Crippen LogP contribution in [0.5, 0.6) is 0 Å². The topological polar surface area (TPSA) is 58.9 Å². The van der Waals surface area contributed by atoms with E-state index in [9.17, 15) is 10.1 Å². The molecule has 5 aromatic rings. The van der Waals surface area contributed by atoms with Gasteiger partial charge in [0.25, 0.3) is 5.69 Å². The van der Waals surface area contributed by atoms with Crippen molar-refractivity contribution >= 4 is 27.5 Å². The first kappa shape index (κ1) is 17.5. The van der Waals surface area contributed by atoms with E-state index in [2.05, 4.69) is 53.5 Å². The zero-order chi connectivity index (χ0) is 19.3. The molecule has 0 amide bonds. The standard InChI is InChI=1S/C12H8N2O2.C12H10/c15-14(16)8-5-6-12-10(7-8)9-3-1-2-4-11(9)13-12;1-3-7-11(8-4-1)12-9-5-2-6-10-12/h1-7,13H;1-10H. The van der Waals surface area contributed by atoms with Crippen LogP contribution < -0.4 is 0 Å². The molecule has 4 nitrogen and oxygen atoms in total. The second kappa shape index (κ2) is 7.76. The number of para-hydroxylation sites is 1. The maximum absolute atomic E-state index is 10.7. The SMILES string of the molecule is O=[N+]([O-])c1ccc2[nH]c3ccccc3c2c1.c1ccc(-c2ccccc2)cc1. The Labute approximate surface area is 162 Å². The van der Waals surface area contributed by atoms with Crippen LogP contribution in [0.25, 0.3) is 32.9 Å². The molecule has 0 saturated heterocycles. The fourth-order valence-electron chi connectivity index (χ4n) is 3.21. The molecule has 1 N–H and O–H groups in total. The van der Waals surface area contributed by atoms with Crippen molar-refractivity contribution in [2.75, 3.05) is 0 Å². The molecule has 0 unspecified atom stereocenters. The molecule has 1 aromatic heterocycles. The van der Waals surface area contributed by atoms with Gasteiger partial charge in [0, 0.05) is 33.9 Å². The molecular formula is C24H18N2O2. The molecule has 28 heavy (non-hydrogen) atoms. The minimum Gasteiger partial charge on any atom is -0.355 e. The monoisotopic (exact) mass is 366 g/mol. The molecule has 0 radical (unpaired) electrons. The van der Waals surface area contributed by atoms with Gasteiger partial charge >= 0.3 is 0 Å². The number of H-pyrrole nitrogens is 1. The lowest BCUT2D eigenvalue weighted by atomic mass is 10.1. The molecule has 136 valence electrons. The van der Waals surface area contributed by atoms with Crippen LogP contribution in [-0.2, 0) is 0 Å². The van der Waals surface area contributed by atoms with Gasteiger partial charge in [0.15, 0.2) is 0 Å². The van der Waals surface area contributed by atoms with Gasteiger partial charge in [-0.15, -0.1) is 0 Å². The van der Waals surface area contributed by atoms with Crippen molar-refractivity contribution < 1.29 is 4.92 Å². The quantitative estimate of drug-likeness (QED) is 0.283. The van der Waals surface area contributed by atoms with Crippen molar-refractivity contribution in [3.8, 4) is 11.1 Å². The molecule has 4 heteroatoms. The lowest BCUT2D eigenvalue weighted by molar-refractivity contribution is -0.384. The summed E-state index contributed by atoms with van der Waals surface area (Å²) in [5.41, 5.74) is 4.60. The predicted molar refractivity (Wildman–Crippen MR) is 114 cm³/mol. The molecule has 0 spiro atoms. The second-order valence-corrected chi connectivity index (χ2v) is 6.39. The van der Waals surface area contributed by atoms with E-state index in [1.807, 2.05) is 36.4 Å². The molecule has 0 aliphatic carbocycles. The number of aromatic nitrogens is 1. The molecule has 5 rings (SSSR count). The highest BCUT2D eigenvalue weighted by atomic mass is 16.6. The zero-order valence-electron chi connectivity index (χ0n) is 15.1. The maximum Gasteiger partial charge on any atom is 0.270 e. The molecule has 0 aliphatic rings. The van der Waals surface area contributed by atoms with Gasteiger partial charge in [-0.3, -0.25) is 10.1 Å². The third kappa shape index (κ3) is 3.62. The largest absolute Gasteiger partial charge is 0.355 e. The summed E-state index contributed by atoms with van der Waals surface area (Å²) in [6, 6.07) is 33.4. The molecule has 0 saturated carbocycles. The van der Waals surface area contributed by atoms with Crippen molar-refractivity contribution in [3.05, 3.63) is 113 Å². The summed E-state index contributed by atoms with van der Waals surface area (Å²) in [5.74, 6) is 0. The van der Waals surface area contributed by atoms with Gasteiger partial charge in [-0.25, -0.2) is 0 Å². The number of nitro benzene ring substituents is 1. The van der Waals surface area contributed by atoms with Gasteiger partial charge < -0.3 is 4.98 Å². The number of hydrogen-bond acceptors (Lipinski definition) is 2. The Kier molecular flexibility index (Phi) is 4.85. The first-order chi connectivity index (χ1) is 13.7. The molecule has 0 bridgehead atoms. The number of hydrogen-bond donors (Lipinski definition) is 1. The van der Waals surface area contributed by atoms with Gasteiger partial charge in [0.05, 0.1) is 4.92 Å². The minimum atomic E-state index is -0.374. The van der Waals surface area contributed by atoms with Crippen LogP contribution in [0.4, 0.5) is 5.69 Å². The van der Waals surface area contributed by atoms with E-state index >= 15 is 0 Å². The molecule has 0 fully saturated rings. The molecule has 1 heterocycles. The lowest BCUT2D eigenvalue weighted by Crippen LogP contribution is -1.86. The van der Waals surface area contributed by atoms with Crippen molar-refractivity contribution in [1.29, 1.82) is 0 Å². The summed E-state index contributed by atoms with van der Waals surface area (Å²) >= 11 is 0. The first-order valence-corrected chi connectivity index (χ1v) is 8.98. The third-order valence-electron chi connectivity index (χ3n) is 4.58. The number of fused-ring (bicyclic) bond motifs is 3. The van der Waals surface area contributed by atoms with E-state index in [0.717, 1.165) is 21.8 Å². The number of non-ortho nitro benzene ring substituents is 1. The molecular weight excluding hydrogens is 348 g/mol. The Balaban J connectivity index is 0.000000143. The number of rotatable bonds is 2. The van der Waals surface area contributed by atoms with Crippen LogP contribution in [0.2, 0.25) is 0 Å². The Morgan fingerprint density at radius 2 is 1.14 bits per heavy atom. The highest BCUT2D eigenvalue weighted by molar-refractivity contribution is 6.07. The Hall–Kier alpha value is -3.92. The predicted octanol–water partition coefficient (Wildman–Crippen LogP) is 6.58. The van der Waals surface area contributed by atoms with E-state index in [4.69, 9.17) is 0 Å². The van der Waals surface area contributed by atoms with Crippen LogP contribution in [0.15, 0.2) is 103 Å². The van der Waals surface area contributed by atoms with Gasteiger partial charge in [-0.1, -0.05) is 78.9 Å². The van der Waals surface area contributed by atoms with Crippen molar-refractivity contribution in [2.45, 2.75) is 0 Å². The van der Waals surface area contributed by atoms with Gasteiger partial charge in [-0.05, 0) is 23.3 Å². The van der Waals surface area contributed by atoms with E-state index in [1.54, 1.807) is 12.1 Å². The smallest absolute Gasteiger partial charge is 0.270 e. The van der Waals surface area contributed by atoms with Crippen molar-refractivity contribution in [2.24, 2.45) is 0 Å².